The smallest absolute Gasteiger partial charge is 0.384 e. The summed E-state index contributed by atoms with van der Waals surface area (Å²) in [5.74, 6) is 9.69. The summed E-state index contributed by atoms with van der Waals surface area (Å²) in [5, 5.41) is 0. The highest BCUT2D eigenvalue weighted by atomic mass is 16.5. The Hall–Kier alpha value is -6.30. The minimum Gasteiger partial charge on any atom is -0.493 e. The SMILES string of the molecule is COc1ccc(CC2c3c(cc(OC)c(OC)c3OC)CC[N+]2(C)CCCOC(=O)C#CC(=O)CCC[N+]2(C)CCc3cc(OC)c(OC)cc3C2c2ccc(OC)c(OC)c2)cc1OC. The van der Waals surface area contributed by atoms with E-state index in [-0.39, 0.29) is 30.9 Å². The van der Waals surface area contributed by atoms with Crippen molar-refractivity contribution in [3.63, 3.8) is 0 Å². The lowest BCUT2D eigenvalue weighted by atomic mass is 9.85. The van der Waals surface area contributed by atoms with E-state index < -0.39 is 5.97 Å². The highest BCUT2D eigenvalue weighted by Gasteiger charge is 2.44. The molecule has 4 atom stereocenters. The van der Waals surface area contributed by atoms with Gasteiger partial charge in [0.25, 0.3) is 0 Å². The number of methoxy groups -OCH3 is 9. The molecule has 0 amide bonds. The number of carbonyl (C=O) groups is 2. The average molecular weight is 911 g/mol. The quantitative estimate of drug-likeness (QED) is 0.0224. The minimum atomic E-state index is -0.722. The fourth-order valence-electron chi connectivity index (χ4n) is 9.93. The zero-order valence-corrected chi connectivity index (χ0v) is 40.4. The van der Waals surface area contributed by atoms with E-state index in [2.05, 4.69) is 50.2 Å². The second kappa shape index (κ2) is 21.8. The van der Waals surface area contributed by atoms with Gasteiger partial charge in [0.15, 0.2) is 46.0 Å². The average Bonchev–Trinajstić information content (AvgIpc) is 3.34. The van der Waals surface area contributed by atoms with Gasteiger partial charge < -0.3 is 56.3 Å². The molecule has 354 valence electrons. The molecule has 6 rings (SSSR count). The van der Waals surface area contributed by atoms with Crippen LogP contribution in [0, 0.1) is 11.8 Å². The van der Waals surface area contributed by atoms with Gasteiger partial charge in [-0.3, -0.25) is 4.79 Å². The van der Waals surface area contributed by atoms with Crippen LogP contribution in [-0.4, -0.2) is 132 Å². The molecule has 0 fully saturated rings. The summed E-state index contributed by atoms with van der Waals surface area (Å²) in [7, 11) is 19.1. The number of quaternary nitrogens is 2. The number of benzene rings is 4. The van der Waals surface area contributed by atoms with Gasteiger partial charge in [0.2, 0.25) is 11.5 Å². The van der Waals surface area contributed by atoms with Crippen molar-refractivity contribution in [2.45, 2.75) is 50.6 Å². The van der Waals surface area contributed by atoms with E-state index in [4.69, 9.17) is 47.4 Å². The lowest BCUT2D eigenvalue weighted by Crippen LogP contribution is -2.52. The van der Waals surface area contributed by atoms with Gasteiger partial charge in [-0.15, -0.1) is 0 Å². The Labute approximate surface area is 389 Å². The Bertz CT molecular complexity index is 2440. The number of hydrogen-bond donors (Lipinski definition) is 0. The molecule has 0 saturated heterocycles. The number of rotatable bonds is 20. The van der Waals surface area contributed by atoms with Crippen LogP contribution in [-0.2, 0) is 33.6 Å². The highest BCUT2D eigenvalue weighted by Crippen LogP contribution is 2.51. The van der Waals surface area contributed by atoms with Crippen LogP contribution in [0.5, 0.6) is 51.7 Å². The maximum Gasteiger partial charge on any atom is 0.384 e. The second-order valence-corrected chi connectivity index (χ2v) is 17.2. The molecule has 2 aliphatic heterocycles. The second-order valence-electron chi connectivity index (χ2n) is 17.2. The van der Waals surface area contributed by atoms with Gasteiger partial charge in [0.05, 0.1) is 116 Å². The van der Waals surface area contributed by atoms with E-state index in [1.54, 1.807) is 64.0 Å². The molecule has 14 nitrogen and oxygen atoms in total. The van der Waals surface area contributed by atoms with Crippen LogP contribution in [0.2, 0.25) is 0 Å². The van der Waals surface area contributed by atoms with Crippen LogP contribution >= 0.6 is 0 Å². The fraction of sp³-hybridized carbons (Fsp3) is 0.462. The number of hydrogen-bond acceptors (Lipinski definition) is 12. The van der Waals surface area contributed by atoms with Gasteiger partial charge >= 0.3 is 5.97 Å². The van der Waals surface area contributed by atoms with E-state index in [0.29, 0.717) is 93.1 Å². The molecule has 4 aromatic rings. The van der Waals surface area contributed by atoms with Gasteiger partial charge in [-0.05, 0) is 71.1 Å². The zero-order valence-electron chi connectivity index (χ0n) is 40.4. The molecule has 0 saturated carbocycles. The van der Waals surface area contributed by atoms with Gasteiger partial charge in [-0.25, -0.2) is 4.79 Å². The van der Waals surface area contributed by atoms with Crippen LogP contribution < -0.4 is 42.6 Å². The van der Waals surface area contributed by atoms with E-state index in [0.717, 1.165) is 53.7 Å². The number of fused-ring (bicyclic) bond motifs is 2. The van der Waals surface area contributed by atoms with Crippen LogP contribution in [0.15, 0.2) is 54.6 Å². The summed E-state index contributed by atoms with van der Waals surface area (Å²) < 4.78 is 58.3. The number of esters is 1. The summed E-state index contributed by atoms with van der Waals surface area (Å²) >= 11 is 0. The lowest BCUT2D eigenvalue weighted by molar-refractivity contribution is -0.941. The van der Waals surface area contributed by atoms with Crippen molar-refractivity contribution in [3.8, 4) is 63.6 Å². The first kappa shape index (κ1) is 49.1. The van der Waals surface area contributed by atoms with E-state index >= 15 is 0 Å². The number of ether oxygens (including phenoxy) is 10. The maximum atomic E-state index is 13.1. The monoisotopic (exact) mass is 910 g/mol. The highest BCUT2D eigenvalue weighted by molar-refractivity contribution is 6.01. The van der Waals surface area contributed by atoms with Crippen LogP contribution in [0.25, 0.3) is 0 Å². The first-order valence-electron chi connectivity index (χ1n) is 22.2. The number of likely N-dealkylation sites (N-methyl/N-ethyl adjacent to an activating group) is 2. The normalized spacial score (nSPS) is 19.4. The molecule has 4 aromatic carbocycles. The molecule has 0 aliphatic carbocycles. The van der Waals surface area contributed by atoms with Gasteiger partial charge in [0.1, 0.15) is 12.1 Å². The third-order valence-electron chi connectivity index (χ3n) is 13.4. The standard InChI is InChI=1S/C52H66N2O12/c1-53(25-22-36-31-47(63-9)51(64-10)52(65-11)49(36)40(53)28-34-15-18-41(57-3)43(29-34)59-5)24-13-27-66-48(56)20-17-38(55)14-12-23-54(2)26-21-35-30-45(61-7)46(62-8)33-39(35)50(54)37-16-19-42(58-4)44(32-37)60-6/h15-16,18-19,29-33,40,50H,12-14,21-28H2,1-11H3/q+2. The minimum absolute atomic E-state index is 0.0559. The molecular formula is C52H66N2O12+2. The molecule has 14 heteroatoms. The third-order valence-corrected chi connectivity index (χ3v) is 13.4. The van der Waals surface area contributed by atoms with Crippen molar-refractivity contribution in [3.05, 3.63) is 88.0 Å². The van der Waals surface area contributed by atoms with Crippen molar-refractivity contribution in [2.24, 2.45) is 0 Å². The maximum absolute atomic E-state index is 13.1. The Balaban J connectivity index is 1.11. The van der Waals surface area contributed by atoms with Crippen LogP contribution in [0.1, 0.15) is 64.7 Å². The number of carbonyl (C=O) groups excluding carboxylic acids is 2. The molecule has 0 radical (unpaired) electrons. The third kappa shape index (κ3) is 10.4. The summed E-state index contributed by atoms with van der Waals surface area (Å²) in [6.45, 7) is 3.19. The van der Waals surface area contributed by atoms with E-state index in [9.17, 15) is 9.59 Å². The Morgan fingerprint density at radius 3 is 1.79 bits per heavy atom. The predicted molar refractivity (Wildman–Crippen MR) is 250 cm³/mol. The molecule has 2 aliphatic rings. The molecule has 4 unspecified atom stereocenters. The predicted octanol–water partition coefficient (Wildman–Crippen LogP) is 7.13. The molecule has 2 heterocycles. The van der Waals surface area contributed by atoms with Crippen LogP contribution in [0.4, 0.5) is 0 Å². The van der Waals surface area contributed by atoms with E-state index in [1.807, 2.05) is 30.3 Å². The van der Waals surface area contributed by atoms with Crippen molar-refractivity contribution < 1.29 is 65.9 Å². The Morgan fingerprint density at radius 2 is 1.14 bits per heavy atom. The van der Waals surface area contributed by atoms with Gasteiger partial charge in [-0.2, -0.15) is 0 Å². The molecule has 0 aromatic heterocycles. The first-order valence-corrected chi connectivity index (χ1v) is 22.2. The zero-order chi connectivity index (χ0) is 47.6. The Kier molecular flexibility index (Phi) is 16.2. The number of ketones is 1. The first-order chi connectivity index (χ1) is 31.8. The van der Waals surface area contributed by atoms with Gasteiger partial charge in [0, 0.05) is 55.6 Å². The van der Waals surface area contributed by atoms with Crippen molar-refractivity contribution in [2.75, 3.05) is 111 Å². The van der Waals surface area contributed by atoms with Crippen molar-refractivity contribution in [1.82, 2.24) is 0 Å². The summed E-state index contributed by atoms with van der Waals surface area (Å²) in [4.78, 5) is 26.0. The molecule has 66 heavy (non-hydrogen) atoms. The lowest BCUT2D eigenvalue weighted by Gasteiger charge is -2.46. The van der Waals surface area contributed by atoms with Crippen LogP contribution in [0.3, 0.4) is 0 Å². The molecule has 0 spiro atoms. The summed E-state index contributed by atoms with van der Waals surface area (Å²) in [5.41, 5.74) is 6.60. The molecule has 0 N–H and O–H groups in total. The van der Waals surface area contributed by atoms with E-state index in [1.165, 1.54) is 5.56 Å². The summed E-state index contributed by atoms with van der Waals surface area (Å²) in [6, 6.07) is 18.0. The van der Waals surface area contributed by atoms with Crippen molar-refractivity contribution in [1.29, 1.82) is 0 Å². The Morgan fingerprint density at radius 1 is 0.576 bits per heavy atom. The largest absolute Gasteiger partial charge is 0.493 e. The summed E-state index contributed by atoms with van der Waals surface area (Å²) in [6.07, 6.45) is 3.60. The number of Topliss-reactive ketones (excluding diaryl/α,β-unsaturated/α-hetero) is 1. The topological polar surface area (TPSA) is 126 Å². The fourth-order valence-corrected chi connectivity index (χ4v) is 9.93. The molecular weight excluding hydrogens is 845 g/mol. The number of nitrogens with zero attached hydrogens (tertiary/aromatic N) is 2. The van der Waals surface area contributed by atoms with Gasteiger partial charge in [-0.1, -0.05) is 6.07 Å². The van der Waals surface area contributed by atoms with Crippen molar-refractivity contribution >= 4 is 11.8 Å². The molecule has 0 bridgehead atoms.